The Balaban J connectivity index is 1.80. The Morgan fingerprint density at radius 2 is 2.28 bits per heavy atom. The molecule has 18 heavy (non-hydrogen) atoms. The van der Waals surface area contributed by atoms with E-state index in [0.717, 1.165) is 28.8 Å². The number of aliphatic hydroxyl groups is 1. The second-order valence-corrected chi connectivity index (χ2v) is 6.23. The predicted octanol–water partition coefficient (Wildman–Crippen LogP) is 3.72. The highest BCUT2D eigenvalue weighted by Crippen LogP contribution is 2.31. The fourth-order valence-corrected chi connectivity index (χ4v) is 3.73. The van der Waals surface area contributed by atoms with Gasteiger partial charge in [-0.2, -0.15) is 0 Å². The quantitative estimate of drug-likeness (QED) is 0.932. The van der Waals surface area contributed by atoms with Gasteiger partial charge in [0.2, 0.25) is 0 Å². The van der Waals surface area contributed by atoms with E-state index in [2.05, 4.69) is 22.0 Å². The van der Waals surface area contributed by atoms with Gasteiger partial charge in [-0.15, -0.1) is 11.3 Å². The first-order chi connectivity index (χ1) is 8.74. The average Bonchev–Trinajstić information content (AvgIpc) is 2.98. The lowest BCUT2D eigenvalue weighted by Gasteiger charge is -2.11. The van der Waals surface area contributed by atoms with Crippen molar-refractivity contribution in [1.29, 1.82) is 0 Å². The number of fused-ring (bicyclic) bond motifs is 1. The van der Waals surface area contributed by atoms with Gasteiger partial charge in [0.15, 0.2) is 0 Å². The number of hydrogen-bond donors (Lipinski definition) is 1. The third kappa shape index (κ3) is 2.32. The van der Waals surface area contributed by atoms with Crippen LogP contribution >= 0.6 is 27.3 Å². The summed E-state index contributed by atoms with van der Waals surface area (Å²) in [5, 5.41) is 12.3. The number of ether oxygens (including phenoxy) is 1. The average molecular weight is 325 g/mol. The van der Waals surface area contributed by atoms with Crippen LogP contribution in [0.1, 0.15) is 22.1 Å². The smallest absolute Gasteiger partial charge is 0.122 e. The number of hydrogen-bond acceptors (Lipinski definition) is 3. The molecule has 2 heterocycles. The molecule has 94 valence electrons. The van der Waals surface area contributed by atoms with E-state index >= 15 is 0 Å². The molecule has 0 saturated carbocycles. The van der Waals surface area contributed by atoms with Gasteiger partial charge < -0.3 is 9.84 Å². The van der Waals surface area contributed by atoms with E-state index in [1.54, 1.807) is 11.3 Å². The summed E-state index contributed by atoms with van der Waals surface area (Å²) < 4.78 is 6.55. The van der Waals surface area contributed by atoms with E-state index in [-0.39, 0.29) is 0 Å². The van der Waals surface area contributed by atoms with Crippen LogP contribution in [0.2, 0.25) is 0 Å². The van der Waals surface area contributed by atoms with Gasteiger partial charge in [0.25, 0.3) is 0 Å². The van der Waals surface area contributed by atoms with Crippen LogP contribution < -0.4 is 4.74 Å². The fraction of sp³-hybridized carbons (Fsp3) is 0.286. The molecule has 1 unspecified atom stereocenters. The van der Waals surface area contributed by atoms with Crippen molar-refractivity contribution in [2.24, 2.45) is 0 Å². The van der Waals surface area contributed by atoms with Crippen LogP contribution in [-0.2, 0) is 12.8 Å². The van der Waals surface area contributed by atoms with Crippen LogP contribution in [0.25, 0.3) is 0 Å². The van der Waals surface area contributed by atoms with Crippen molar-refractivity contribution in [2.45, 2.75) is 18.9 Å². The first-order valence-corrected chi connectivity index (χ1v) is 7.57. The third-order valence-corrected chi connectivity index (χ3v) is 5.12. The van der Waals surface area contributed by atoms with Crippen molar-refractivity contribution in [3.8, 4) is 5.75 Å². The molecule has 1 aliphatic heterocycles. The largest absolute Gasteiger partial charge is 0.493 e. The van der Waals surface area contributed by atoms with Crippen molar-refractivity contribution < 1.29 is 9.84 Å². The lowest BCUT2D eigenvalue weighted by molar-refractivity contribution is 0.179. The van der Waals surface area contributed by atoms with Crippen molar-refractivity contribution >= 4 is 27.3 Å². The molecule has 0 amide bonds. The van der Waals surface area contributed by atoms with Crippen molar-refractivity contribution in [3.63, 3.8) is 0 Å². The molecule has 4 heteroatoms. The van der Waals surface area contributed by atoms with E-state index in [9.17, 15) is 5.11 Å². The van der Waals surface area contributed by atoms with Gasteiger partial charge in [-0.3, -0.25) is 0 Å². The van der Waals surface area contributed by atoms with Crippen molar-refractivity contribution in [3.05, 3.63) is 50.1 Å². The summed E-state index contributed by atoms with van der Waals surface area (Å²) in [5.74, 6) is 0.961. The Morgan fingerprint density at radius 3 is 3.06 bits per heavy atom. The van der Waals surface area contributed by atoms with E-state index in [1.165, 1.54) is 10.4 Å². The zero-order valence-electron chi connectivity index (χ0n) is 9.73. The van der Waals surface area contributed by atoms with E-state index in [0.29, 0.717) is 6.42 Å². The molecule has 1 aromatic carbocycles. The molecule has 0 saturated heterocycles. The molecule has 1 atom stereocenters. The molecule has 2 aromatic rings. The monoisotopic (exact) mass is 324 g/mol. The molecule has 2 nitrogen and oxygen atoms in total. The minimum atomic E-state index is -0.453. The van der Waals surface area contributed by atoms with Crippen LogP contribution in [0.15, 0.2) is 34.1 Å². The second kappa shape index (κ2) is 5.03. The molecule has 1 N–H and O–H groups in total. The predicted molar refractivity (Wildman–Crippen MR) is 76.3 cm³/mol. The van der Waals surface area contributed by atoms with Gasteiger partial charge in [-0.05, 0) is 50.6 Å². The molecule has 0 spiro atoms. The Kier molecular flexibility index (Phi) is 3.41. The molecule has 0 aliphatic carbocycles. The van der Waals surface area contributed by atoms with Gasteiger partial charge in [0.1, 0.15) is 5.75 Å². The Morgan fingerprint density at radius 1 is 1.39 bits per heavy atom. The number of thiophene rings is 1. The zero-order chi connectivity index (χ0) is 12.5. The summed E-state index contributed by atoms with van der Waals surface area (Å²) in [7, 11) is 0. The molecule has 0 radical (unpaired) electrons. The standard InChI is InChI=1S/C14H13BrO2S/c15-11-4-6-18-14(11)8-12(16)9-1-2-13-10(7-9)3-5-17-13/h1-2,4,6-7,12,16H,3,5,8H2. The first-order valence-electron chi connectivity index (χ1n) is 5.89. The summed E-state index contributed by atoms with van der Waals surface area (Å²) in [6.45, 7) is 0.755. The maximum Gasteiger partial charge on any atom is 0.122 e. The minimum absolute atomic E-state index is 0.453. The number of halogens is 1. The highest BCUT2D eigenvalue weighted by molar-refractivity contribution is 9.10. The molecule has 3 rings (SSSR count). The molecule has 1 aromatic heterocycles. The second-order valence-electron chi connectivity index (χ2n) is 4.38. The van der Waals surface area contributed by atoms with Crippen molar-refractivity contribution in [2.75, 3.05) is 6.61 Å². The summed E-state index contributed by atoms with van der Waals surface area (Å²) >= 11 is 5.16. The normalized spacial score (nSPS) is 15.2. The lowest BCUT2D eigenvalue weighted by atomic mass is 10.0. The van der Waals surface area contributed by atoms with Crippen LogP contribution in [-0.4, -0.2) is 11.7 Å². The summed E-state index contributed by atoms with van der Waals surface area (Å²) in [6, 6.07) is 8.00. The Bertz CT molecular complexity index is 565. The molecule has 0 fully saturated rings. The highest BCUT2D eigenvalue weighted by Gasteiger charge is 2.16. The van der Waals surface area contributed by atoms with E-state index in [4.69, 9.17) is 4.74 Å². The van der Waals surface area contributed by atoms with Gasteiger partial charge in [0, 0.05) is 22.2 Å². The third-order valence-electron chi connectivity index (χ3n) is 3.17. The van der Waals surface area contributed by atoms with Crippen molar-refractivity contribution in [1.82, 2.24) is 0 Å². The molecule has 0 bridgehead atoms. The van der Waals surface area contributed by atoms with E-state index in [1.807, 2.05) is 23.6 Å². The number of rotatable bonds is 3. The summed E-state index contributed by atoms with van der Waals surface area (Å²) in [5.41, 5.74) is 2.18. The Labute approximate surface area is 118 Å². The molecular formula is C14H13BrO2S. The van der Waals surface area contributed by atoms with Crippen LogP contribution in [0.3, 0.4) is 0 Å². The van der Waals surface area contributed by atoms with Gasteiger partial charge in [-0.1, -0.05) is 6.07 Å². The van der Waals surface area contributed by atoms with E-state index < -0.39 is 6.10 Å². The SMILES string of the molecule is OC(Cc1sccc1Br)c1ccc2c(c1)CCO2. The Hall–Kier alpha value is -0.840. The number of benzene rings is 1. The van der Waals surface area contributed by atoms with Gasteiger partial charge in [-0.25, -0.2) is 0 Å². The molecular weight excluding hydrogens is 312 g/mol. The van der Waals surface area contributed by atoms with Gasteiger partial charge in [0.05, 0.1) is 12.7 Å². The summed E-state index contributed by atoms with van der Waals surface area (Å²) in [4.78, 5) is 1.18. The fourth-order valence-electron chi connectivity index (χ4n) is 2.18. The van der Waals surface area contributed by atoms with Crippen LogP contribution in [0.4, 0.5) is 0 Å². The van der Waals surface area contributed by atoms with Crippen LogP contribution in [0, 0.1) is 0 Å². The first kappa shape index (κ1) is 12.2. The minimum Gasteiger partial charge on any atom is -0.493 e. The lowest BCUT2D eigenvalue weighted by Crippen LogP contribution is -2.01. The maximum atomic E-state index is 10.3. The molecule has 1 aliphatic rings. The topological polar surface area (TPSA) is 29.5 Å². The van der Waals surface area contributed by atoms with Crippen LogP contribution in [0.5, 0.6) is 5.75 Å². The number of aliphatic hydroxyl groups excluding tert-OH is 1. The summed E-state index contributed by atoms with van der Waals surface area (Å²) in [6.07, 6.45) is 1.14. The maximum absolute atomic E-state index is 10.3. The zero-order valence-corrected chi connectivity index (χ0v) is 12.1. The highest BCUT2D eigenvalue weighted by atomic mass is 79.9. The van der Waals surface area contributed by atoms with Gasteiger partial charge >= 0.3 is 0 Å².